The van der Waals surface area contributed by atoms with Gasteiger partial charge >= 0.3 is 5.97 Å². The van der Waals surface area contributed by atoms with E-state index in [1.807, 2.05) is 13.8 Å². The van der Waals surface area contributed by atoms with Gasteiger partial charge in [0.15, 0.2) is 0 Å². The Morgan fingerprint density at radius 2 is 1.43 bits per heavy atom. The quantitative estimate of drug-likeness (QED) is 0.164. The molecule has 4 heteroatoms. The first-order chi connectivity index (χ1) is 13.5. The Labute approximate surface area is 173 Å². The van der Waals surface area contributed by atoms with Crippen LogP contribution in [0.2, 0.25) is 0 Å². The molecule has 0 aliphatic rings. The molecule has 0 aromatic rings. The van der Waals surface area contributed by atoms with Gasteiger partial charge in [-0.1, -0.05) is 84.3 Å². The molecule has 0 heterocycles. The Balaban J connectivity index is 3.67. The molecule has 0 aromatic heterocycles. The number of carbonyl (C=O) groups excluding carboxylic acids is 1. The molecule has 0 aliphatic heterocycles. The summed E-state index contributed by atoms with van der Waals surface area (Å²) in [6.07, 6.45) is 19.6. The van der Waals surface area contributed by atoms with Crippen molar-refractivity contribution in [1.29, 1.82) is 0 Å². The highest BCUT2D eigenvalue weighted by molar-refractivity contribution is 5.72. The minimum absolute atomic E-state index is 0.121. The van der Waals surface area contributed by atoms with Gasteiger partial charge in [0.2, 0.25) is 0 Å². The van der Waals surface area contributed by atoms with E-state index in [-0.39, 0.29) is 31.0 Å². The molecule has 0 fully saturated rings. The number of hydrogen-bond donors (Lipinski definition) is 2. The monoisotopic (exact) mass is 398 g/mol. The first kappa shape index (κ1) is 27.1. The van der Waals surface area contributed by atoms with Crippen LogP contribution in [0.5, 0.6) is 0 Å². The summed E-state index contributed by atoms with van der Waals surface area (Å²) in [5.41, 5.74) is 0. The maximum absolute atomic E-state index is 12.1. The van der Waals surface area contributed by atoms with Crippen LogP contribution in [0, 0.1) is 11.8 Å². The van der Waals surface area contributed by atoms with Gasteiger partial charge in [-0.15, -0.1) is 0 Å². The van der Waals surface area contributed by atoms with Gasteiger partial charge in [0.05, 0.1) is 12.5 Å². The summed E-state index contributed by atoms with van der Waals surface area (Å²) in [6.45, 7) is 5.81. The first-order valence-electron chi connectivity index (χ1n) is 11.6. The number of hydrogen-bond acceptors (Lipinski definition) is 4. The van der Waals surface area contributed by atoms with Gasteiger partial charge < -0.3 is 14.9 Å². The molecule has 0 radical (unpaired) electrons. The van der Waals surface area contributed by atoms with E-state index in [9.17, 15) is 9.90 Å². The second kappa shape index (κ2) is 19.4. The van der Waals surface area contributed by atoms with Crippen LogP contribution in [0.15, 0.2) is 12.2 Å². The molecule has 166 valence electrons. The summed E-state index contributed by atoms with van der Waals surface area (Å²) in [7, 11) is 0. The van der Waals surface area contributed by atoms with Crippen molar-refractivity contribution in [2.45, 2.75) is 110 Å². The van der Waals surface area contributed by atoms with E-state index in [4.69, 9.17) is 9.84 Å². The third-order valence-corrected chi connectivity index (χ3v) is 5.26. The minimum atomic E-state index is -0.981. The number of ether oxygens (including phenoxy) is 1. The number of esters is 1. The molecule has 0 spiro atoms. The van der Waals surface area contributed by atoms with Crippen LogP contribution in [-0.2, 0) is 9.53 Å². The molecule has 0 aliphatic carbocycles. The van der Waals surface area contributed by atoms with Crippen LogP contribution in [0.4, 0.5) is 0 Å². The SMILES string of the molecule is CCCCCCCC/C=C\CCCCCCC(C(=O)OCC(O)CO)C(C)C. The lowest BCUT2D eigenvalue weighted by molar-refractivity contribution is -0.154. The lowest BCUT2D eigenvalue weighted by Crippen LogP contribution is -2.28. The van der Waals surface area contributed by atoms with Gasteiger partial charge in [-0.05, 0) is 38.0 Å². The molecule has 0 saturated carbocycles. The lowest BCUT2D eigenvalue weighted by Gasteiger charge is -2.20. The average Bonchev–Trinajstić information content (AvgIpc) is 2.68. The second-order valence-electron chi connectivity index (χ2n) is 8.34. The van der Waals surface area contributed by atoms with Gasteiger partial charge in [-0.3, -0.25) is 4.79 Å². The standard InChI is InChI=1S/C24H46O4/c1-4-5-6-7-8-9-10-11-12-13-14-15-16-17-18-23(21(2)3)24(27)28-20-22(26)19-25/h11-12,21-23,25-26H,4-10,13-20H2,1-3H3/b12-11-. The van der Waals surface area contributed by atoms with E-state index < -0.39 is 6.10 Å². The van der Waals surface area contributed by atoms with Crippen LogP contribution < -0.4 is 0 Å². The molecule has 0 amide bonds. The Kier molecular flexibility index (Phi) is 18.8. The van der Waals surface area contributed by atoms with Crippen LogP contribution in [0.3, 0.4) is 0 Å². The Morgan fingerprint density at radius 1 is 0.893 bits per heavy atom. The largest absolute Gasteiger partial charge is 0.463 e. The van der Waals surface area contributed by atoms with E-state index in [0.717, 1.165) is 25.7 Å². The zero-order valence-corrected chi connectivity index (χ0v) is 18.7. The van der Waals surface area contributed by atoms with Crippen molar-refractivity contribution >= 4 is 5.97 Å². The van der Waals surface area contributed by atoms with E-state index in [1.165, 1.54) is 57.8 Å². The van der Waals surface area contributed by atoms with Crippen molar-refractivity contribution in [3.8, 4) is 0 Å². The zero-order chi connectivity index (χ0) is 21.0. The lowest BCUT2D eigenvalue weighted by atomic mass is 9.90. The molecule has 0 rings (SSSR count). The van der Waals surface area contributed by atoms with Crippen LogP contribution in [0.1, 0.15) is 104 Å². The van der Waals surface area contributed by atoms with Crippen molar-refractivity contribution in [2.24, 2.45) is 11.8 Å². The van der Waals surface area contributed by atoms with Crippen molar-refractivity contribution in [1.82, 2.24) is 0 Å². The van der Waals surface area contributed by atoms with Gasteiger partial charge in [0.25, 0.3) is 0 Å². The fourth-order valence-corrected chi connectivity index (χ4v) is 3.32. The van der Waals surface area contributed by atoms with Gasteiger partial charge in [-0.2, -0.15) is 0 Å². The average molecular weight is 399 g/mol. The van der Waals surface area contributed by atoms with Gasteiger partial charge in [-0.25, -0.2) is 0 Å². The zero-order valence-electron chi connectivity index (χ0n) is 18.7. The molecule has 2 N–H and O–H groups in total. The summed E-state index contributed by atoms with van der Waals surface area (Å²) in [6, 6.07) is 0. The predicted octanol–water partition coefficient (Wildman–Crippen LogP) is 5.80. The van der Waals surface area contributed by atoms with E-state index in [2.05, 4.69) is 19.1 Å². The summed E-state index contributed by atoms with van der Waals surface area (Å²) >= 11 is 0. The van der Waals surface area contributed by atoms with Crippen molar-refractivity contribution in [3.05, 3.63) is 12.2 Å². The molecular formula is C24H46O4. The predicted molar refractivity (Wildman–Crippen MR) is 117 cm³/mol. The topological polar surface area (TPSA) is 66.8 Å². The third kappa shape index (κ3) is 16.1. The number of unbranched alkanes of at least 4 members (excludes halogenated alkanes) is 10. The smallest absolute Gasteiger partial charge is 0.309 e. The van der Waals surface area contributed by atoms with Crippen LogP contribution in [-0.4, -0.2) is 35.5 Å². The molecule has 28 heavy (non-hydrogen) atoms. The molecule has 2 atom stereocenters. The van der Waals surface area contributed by atoms with E-state index >= 15 is 0 Å². The summed E-state index contributed by atoms with van der Waals surface area (Å²) in [5, 5.41) is 18.1. The highest BCUT2D eigenvalue weighted by Crippen LogP contribution is 2.21. The third-order valence-electron chi connectivity index (χ3n) is 5.26. The number of aliphatic hydroxyl groups excluding tert-OH is 2. The molecule has 0 saturated heterocycles. The van der Waals surface area contributed by atoms with E-state index in [1.54, 1.807) is 0 Å². The molecule has 4 nitrogen and oxygen atoms in total. The summed E-state index contributed by atoms with van der Waals surface area (Å²) < 4.78 is 5.13. The highest BCUT2D eigenvalue weighted by atomic mass is 16.5. The highest BCUT2D eigenvalue weighted by Gasteiger charge is 2.23. The molecule has 0 bridgehead atoms. The van der Waals surface area contributed by atoms with Crippen molar-refractivity contribution < 1.29 is 19.7 Å². The Bertz CT molecular complexity index is 379. The van der Waals surface area contributed by atoms with Crippen molar-refractivity contribution in [3.63, 3.8) is 0 Å². The molecule has 2 unspecified atom stereocenters. The Morgan fingerprint density at radius 3 is 1.96 bits per heavy atom. The van der Waals surface area contributed by atoms with Crippen molar-refractivity contribution in [2.75, 3.05) is 13.2 Å². The fourth-order valence-electron chi connectivity index (χ4n) is 3.32. The number of carbonyl (C=O) groups is 1. The van der Waals surface area contributed by atoms with Crippen LogP contribution in [0.25, 0.3) is 0 Å². The second-order valence-corrected chi connectivity index (χ2v) is 8.34. The maximum atomic E-state index is 12.1. The number of aliphatic hydroxyl groups is 2. The first-order valence-corrected chi connectivity index (χ1v) is 11.6. The molecular weight excluding hydrogens is 352 g/mol. The number of allylic oxidation sites excluding steroid dienone is 2. The maximum Gasteiger partial charge on any atom is 0.309 e. The number of rotatable bonds is 19. The fraction of sp³-hybridized carbons (Fsp3) is 0.875. The summed E-state index contributed by atoms with van der Waals surface area (Å²) in [5.74, 6) is -0.146. The summed E-state index contributed by atoms with van der Waals surface area (Å²) in [4.78, 5) is 12.1. The van der Waals surface area contributed by atoms with Gasteiger partial charge in [0.1, 0.15) is 12.7 Å². The van der Waals surface area contributed by atoms with Crippen LogP contribution >= 0.6 is 0 Å². The van der Waals surface area contributed by atoms with Gasteiger partial charge in [0, 0.05) is 0 Å². The normalized spacial score (nSPS) is 13.9. The Hall–Kier alpha value is -0.870. The molecule has 0 aromatic carbocycles. The minimum Gasteiger partial charge on any atom is -0.463 e. The van der Waals surface area contributed by atoms with E-state index in [0.29, 0.717) is 0 Å².